The molecule has 6 nitrogen and oxygen atoms in total. The molecule has 3 amide bonds. The first-order valence-corrected chi connectivity index (χ1v) is 7.39. The fraction of sp³-hybridized carbons (Fsp3) is 0.438. The van der Waals surface area contributed by atoms with Gasteiger partial charge in [-0.1, -0.05) is 12.1 Å². The lowest BCUT2D eigenvalue weighted by molar-refractivity contribution is -0.134. The molecule has 0 atom stereocenters. The molecule has 1 heterocycles. The predicted octanol–water partition coefficient (Wildman–Crippen LogP) is 0.660. The van der Waals surface area contributed by atoms with E-state index in [2.05, 4.69) is 5.32 Å². The number of nitrogens with two attached hydrogens (primary N) is 1. The highest BCUT2D eigenvalue weighted by molar-refractivity contribution is 5.92. The van der Waals surface area contributed by atoms with Gasteiger partial charge in [-0.2, -0.15) is 0 Å². The Morgan fingerprint density at radius 1 is 1.18 bits per heavy atom. The lowest BCUT2D eigenvalue weighted by Gasteiger charge is -2.30. The number of hydrogen-bond acceptors (Lipinski definition) is 3. The van der Waals surface area contributed by atoms with Crippen LogP contribution in [-0.2, 0) is 16.1 Å². The van der Waals surface area contributed by atoms with Gasteiger partial charge < -0.3 is 16.0 Å². The number of carbonyl (C=O) groups excluding carboxylic acids is 3. The SMILES string of the molecule is CC(=O)N1CCC(C(=O)NCc2ccc(C(N)=O)cc2)CC1. The Hall–Kier alpha value is -2.37. The number of nitrogens with zero attached hydrogens (tertiary/aromatic N) is 1. The average Bonchev–Trinajstić information content (AvgIpc) is 2.53. The second-order valence-electron chi connectivity index (χ2n) is 5.56. The van der Waals surface area contributed by atoms with Crippen molar-refractivity contribution in [2.24, 2.45) is 11.7 Å². The van der Waals surface area contributed by atoms with Crippen molar-refractivity contribution >= 4 is 17.7 Å². The normalized spacial score (nSPS) is 15.4. The van der Waals surface area contributed by atoms with E-state index in [-0.39, 0.29) is 17.7 Å². The third-order valence-corrected chi connectivity index (χ3v) is 4.02. The van der Waals surface area contributed by atoms with Crippen molar-refractivity contribution in [1.29, 1.82) is 0 Å². The van der Waals surface area contributed by atoms with Crippen LogP contribution in [0.15, 0.2) is 24.3 Å². The average molecular weight is 303 g/mol. The van der Waals surface area contributed by atoms with Gasteiger partial charge >= 0.3 is 0 Å². The first-order chi connectivity index (χ1) is 10.5. The lowest BCUT2D eigenvalue weighted by Crippen LogP contribution is -2.42. The molecule has 2 rings (SSSR count). The molecule has 0 bridgehead atoms. The van der Waals surface area contributed by atoms with E-state index in [1.165, 1.54) is 0 Å². The highest BCUT2D eigenvalue weighted by atomic mass is 16.2. The molecule has 0 aromatic heterocycles. The van der Waals surface area contributed by atoms with Crippen molar-refractivity contribution in [3.05, 3.63) is 35.4 Å². The van der Waals surface area contributed by atoms with Crippen LogP contribution < -0.4 is 11.1 Å². The number of likely N-dealkylation sites (tertiary alicyclic amines) is 1. The summed E-state index contributed by atoms with van der Waals surface area (Å²) < 4.78 is 0. The molecule has 0 spiro atoms. The summed E-state index contributed by atoms with van der Waals surface area (Å²) in [5.74, 6) is -0.427. The summed E-state index contributed by atoms with van der Waals surface area (Å²) in [6, 6.07) is 6.85. The second-order valence-corrected chi connectivity index (χ2v) is 5.56. The number of piperidine rings is 1. The van der Waals surface area contributed by atoms with Crippen molar-refractivity contribution in [1.82, 2.24) is 10.2 Å². The van der Waals surface area contributed by atoms with Gasteiger partial charge in [-0.15, -0.1) is 0 Å². The van der Waals surface area contributed by atoms with Gasteiger partial charge in [0.25, 0.3) is 0 Å². The fourth-order valence-corrected chi connectivity index (χ4v) is 2.58. The molecule has 3 N–H and O–H groups in total. The quantitative estimate of drug-likeness (QED) is 0.856. The van der Waals surface area contributed by atoms with E-state index < -0.39 is 5.91 Å². The maximum absolute atomic E-state index is 12.1. The van der Waals surface area contributed by atoms with Crippen LogP contribution in [0.1, 0.15) is 35.7 Å². The number of hydrogen-bond donors (Lipinski definition) is 2. The number of primary amides is 1. The largest absolute Gasteiger partial charge is 0.366 e. The van der Waals surface area contributed by atoms with Gasteiger partial charge in [0, 0.05) is 38.0 Å². The van der Waals surface area contributed by atoms with Crippen LogP contribution in [0.2, 0.25) is 0 Å². The molecule has 1 saturated heterocycles. The maximum atomic E-state index is 12.1. The van der Waals surface area contributed by atoms with E-state index >= 15 is 0 Å². The second kappa shape index (κ2) is 7.06. The lowest BCUT2D eigenvalue weighted by atomic mass is 9.96. The van der Waals surface area contributed by atoms with Gasteiger partial charge in [0.2, 0.25) is 17.7 Å². The minimum atomic E-state index is -0.465. The third-order valence-electron chi connectivity index (χ3n) is 4.02. The smallest absolute Gasteiger partial charge is 0.248 e. The number of carbonyl (C=O) groups is 3. The summed E-state index contributed by atoms with van der Waals surface area (Å²) >= 11 is 0. The number of benzene rings is 1. The number of amides is 3. The molecule has 118 valence electrons. The van der Waals surface area contributed by atoms with Gasteiger partial charge in [0.05, 0.1) is 0 Å². The van der Waals surface area contributed by atoms with Crippen LogP contribution in [0.5, 0.6) is 0 Å². The summed E-state index contributed by atoms with van der Waals surface area (Å²) in [4.78, 5) is 36.1. The summed E-state index contributed by atoms with van der Waals surface area (Å²) in [5, 5.41) is 2.90. The molecule has 1 aliphatic heterocycles. The Balaban J connectivity index is 1.80. The summed E-state index contributed by atoms with van der Waals surface area (Å²) in [5.41, 5.74) is 6.55. The van der Waals surface area contributed by atoms with E-state index in [0.29, 0.717) is 38.0 Å². The molecule has 1 aromatic rings. The Kier molecular flexibility index (Phi) is 5.14. The van der Waals surface area contributed by atoms with Crippen molar-refractivity contribution < 1.29 is 14.4 Å². The van der Waals surface area contributed by atoms with Crippen molar-refractivity contribution in [2.45, 2.75) is 26.3 Å². The van der Waals surface area contributed by atoms with Crippen molar-refractivity contribution in [3.63, 3.8) is 0 Å². The molecule has 1 fully saturated rings. The van der Waals surface area contributed by atoms with Crippen LogP contribution in [0, 0.1) is 5.92 Å². The van der Waals surface area contributed by atoms with E-state index in [1.54, 1.807) is 36.1 Å². The molecular weight excluding hydrogens is 282 g/mol. The molecule has 6 heteroatoms. The molecule has 0 unspecified atom stereocenters. The minimum absolute atomic E-state index is 0.0159. The zero-order valence-electron chi connectivity index (χ0n) is 12.7. The zero-order chi connectivity index (χ0) is 16.1. The number of rotatable bonds is 4. The van der Waals surface area contributed by atoms with E-state index in [9.17, 15) is 14.4 Å². The monoisotopic (exact) mass is 303 g/mol. The van der Waals surface area contributed by atoms with Crippen LogP contribution in [0.4, 0.5) is 0 Å². The molecule has 0 aliphatic carbocycles. The maximum Gasteiger partial charge on any atom is 0.248 e. The van der Waals surface area contributed by atoms with Gasteiger partial charge in [-0.3, -0.25) is 14.4 Å². The molecule has 22 heavy (non-hydrogen) atoms. The summed E-state index contributed by atoms with van der Waals surface area (Å²) in [6.45, 7) is 3.25. The molecule has 1 aliphatic rings. The molecule has 1 aromatic carbocycles. The van der Waals surface area contributed by atoms with Gasteiger partial charge in [-0.05, 0) is 30.5 Å². The molecule has 0 radical (unpaired) electrons. The van der Waals surface area contributed by atoms with E-state index in [0.717, 1.165) is 5.56 Å². The van der Waals surface area contributed by atoms with Crippen LogP contribution in [0.25, 0.3) is 0 Å². The van der Waals surface area contributed by atoms with Crippen LogP contribution in [0.3, 0.4) is 0 Å². The summed E-state index contributed by atoms with van der Waals surface area (Å²) in [7, 11) is 0. The minimum Gasteiger partial charge on any atom is -0.366 e. The predicted molar refractivity (Wildman–Crippen MR) is 81.8 cm³/mol. The Morgan fingerprint density at radius 3 is 2.27 bits per heavy atom. The van der Waals surface area contributed by atoms with Crippen molar-refractivity contribution in [2.75, 3.05) is 13.1 Å². The third kappa shape index (κ3) is 4.07. The highest BCUT2D eigenvalue weighted by Gasteiger charge is 2.25. The van der Waals surface area contributed by atoms with Crippen molar-refractivity contribution in [3.8, 4) is 0 Å². The topological polar surface area (TPSA) is 92.5 Å². The molecular formula is C16H21N3O3. The Morgan fingerprint density at radius 2 is 1.77 bits per heavy atom. The van der Waals surface area contributed by atoms with E-state index in [1.807, 2.05) is 0 Å². The van der Waals surface area contributed by atoms with Gasteiger partial charge in [0.15, 0.2) is 0 Å². The van der Waals surface area contributed by atoms with Gasteiger partial charge in [-0.25, -0.2) is 0 Å². The Labute approximate surface area is 129 Å². The standard InChI is InChI=1S/C16H21N3O3/c1-11(20)19-8-6-14(7-9-19)16(22)18-10-12-2-4-13(5-3-12)15(17)21/h2-5,14H,6-10H2,1H3,(H2,17,21)(H,18,22). The first-order valence-electron chi connectivity index (χ1n) is 7.39. The van der Waals surface area contributed by atoms with Gasteiger partial charge in [0.1, 0.15) is 0 Å². The van der Waals surface area contributed by atoms with Crippen LogP contribution in [-0.4, -0.2) is 35.7 Å². The molecule has 0 saturated carbocycles. The Bertz CT molecular complexity index is 561. The number of nitrogens with one attached hydrogen (secondary N) is 1. The zero-order valence-corrected chi connectivity index (χ0v) is 12.7. The van der Waals surface area contributed by atoms with Crippen LogP contribution >= 0.6 is 0 Å². The highest BCUT2D eigenvalue weighted by Crippen LogP contribution is 2.17. The summed E-state index contributed by atoms with van der Waals surface area (Å²) in [6.07, 6.45) is 1.40. The fourth-order valence-electron chi connectivity index (χ4n) is 2.58. The van der Waals surface area contributed by atoms with E-state index in [4.69, 9.17) is 5.73 Å². The first kappa shape index (κ1) is 16.0.